The van der Waals surface area contributed by atoms with Gasteiger partial charge in [-0.2, -0.15) is 0 Å². The maximum Gasteiger partial charge on any atom is 0.117 e. The lowest BCUT2D eigenvalue weighted by atomic mass is 10.1. The van der Waals surface area contributed by atoms with Crippen LogP contribution in [-0.2, 0) is 17.7 Å². The molecular weight excluding hydrogens is 214 g/mol. The molecule has 1 saturated heterocycles. The Morgan fingerprint density at radius 1 is 1.24 bits per heavy atom. The molecule has 0 spiro atoms. The number of hydrogen-bond donors (Lipinski definition) is 1. The summed E-state index contributed by atoms with van der Waals surface area (Å²) in [4.78, 5) is 0. The third-order valence-electron chi connectivity index (χ3n) is 3.83. The molecule has 1 aliphatic carbocycles. The van der Waals surface area contributed by atoms with Gasteiger partial charge in [0.2, 0.25) is 0 Å². The number of hydrogen-bond acceptors (Lipinski definition) is 3. The summed E-state index contributed by atoms with van der Waals surface area (Å²) >= 11 is 0. The fourth-order valence-corrected chi connectivity index (χ4v) is 2.66. The van der Waals surface area contributed by atoms with Crippen molar-refractivity contribution in [1.29, 1.82) is 0 Å². The van der Waals surface area contributed by atoms with E-state index in [2.05, 4.69) is 24.4 Å². The summed E-state index contributed by atoms with van der Waals surface area (Å²) in [6.07, 6.45) is 5.27. The second kappa shape index (κ2) is 4.83. The zero-order valence-corrected chi connectivity index (χ0v) is 10.4. The standard InChI is InChI=1S/C14H21NO2/c1-2-11-5-6-12(17-11)9-15-13-7-8-16-14(13)10-3-4-10/h5-6,10,13-15H,2-4,7-9H2,1H3. The SMILES string of the molecule is CCc1ccc(CNC2CCOC2C2CC2)o1. The van der Waals surface area contributed by atoms with Crippen molar-refractivity contribution in [2.45, 2.75) is 51.3 Å². The predicted octanol–water partition coefficient (Wildman–Crippen LogP) is 2.50. The number of ether oxygens (including phenoxy) is 1. The Hall–Kier alpha value is -0.800. The third-order valence-corrected chi connectivity index (χ3v) is 3.83. The van der Waals surface area contributed by atoms with Crippen molar-refractivity contribution < 1.29 is 9.15 Å². The van der Waals surface area contributed by atoms with Crippen molar-refractivity contribution in [2.24, 2.45) is 5.92 Å². The molecule has 2 aliphatic rings. The van der Waals surface area contributed by atoms with Crippen molar-refractivity contribution in [3.05, 3.63) is 23.7 Å². The molecule has 1 N–H and O–H groups in total. The summed E-state index contributed by atoms with van der Waals surface area (Å²) in [6.45, 7) is 3.86. The Bertz CT molecular complexity index is 370. The lowest BCUT2D eigenvalue weighted by Gasteiger charge is -2.18. The maximum atomic E-state index is 5.81. The predicted molar refractivity (Wildman–Crippen MR) is 65.8 cm³/mol. The molecule has 2 unspecified atom stereocenters. The van der Waals surface area contributed by atoms with E-state index in [4.69, 9.17) is 9.15 Å². The highest BCUT2D eigenvalue weighted by Crippen LogP contribution is 2.38. The molecule has 94 valence electrons. The Balaban J connectivity index is 1.52. The van der Waals surface area contributed by atoms with Crippen LogP contribution < -0.4 is 5.32 Å². The number of aryl methyl sites for hydroxylation is 1. The van der Waals surface area contributed by atoms with Gasteiger partial charge in [-0.25, -0.2) is 0 Å². The van der Waals surface area contributed by atoms with E-state index < -0.39 is 0 Å². The van der Waals surface area contributed by atoms with E-state index in [1.165, 1.54) is 12.8 Å². The second-order valence-electron chi connectivity index (χ2n) is 5.17. The molecule has 2 heterocycles. The van der Waals surface area contributed by atoms with Crippen molar-refractivity contribution in [3.63, 3.8) is 0 Å². The van der Waals surface area contributed by atoms with Gasteiger partial charge in [-0.3, -0.25) is 0 Å². The first-order valence-electron chi connectivity index (χ1n) is 6.79. The molecule has 0 aromatic carbocycles. The van der Waals surface area contributed by atoms with Gasteiger partial charge in [0.05, 0.1) is 12.6 Å². The van der Waals surface area contributed by atoms with E-state index in [-0.39, 0.29) is 0 Å². The minimum absolute atomic E-state index is 0.454. The van der Waals surface area contributed by atoms with Gasteiger partial charge in [-0.05, 0) is 37.3 Å². The van der Waals surface area contributed by atoms with E-state index in [1.54, 1.807) is 0 Å². The van der Waals surface area contributed by atoms with Crippen LogP contribution in [0.5, 0.6) is 0 Å². The van der Waals surface area contributed by atoms with Gasteiger partial charge in [0.25, 0.3) is 0 Å². The Morgan fingerprint density at radius 2 is 2.06 bits per heavy atom. The highest BCUT2D eigenvalue weighted by atomic mass is 16.5. The van der Waals surface area contributed by atoms with Gasteiger partial charge in [0, 0.05) is 19.1 Å². The van der Waals surface area contributed by atoms with Gasteiger partial charge in [-0.15, -0.1) is 0 Å². The molecule has 1 aromatic heterocycles. The van der Waals surface area contributed by atoms with Crippen LogP contribution in [0.3, 0.4) is 0 Å². The van der Waals surface area contributed by atoms with E-state index in [9.17, 15) is 0 Å². The molecule has 1 saturated carbocycles. The van der Waals surface area contributed by atoms with E-state index in [1.807, 2.05) is 0 Å². The molecule has 1 aromatic rings. The van der Waals surface area contributed by atoms with Gasteiger partial charge in [0.1, 0.15) is 11.5 Å². The lowest BCUT2D eigenvalue weighted by Crippen LogP contribution is -2.37. The molecule has 3 rings (SSSR count). The first kappa shape index (κ1) is 11.3. The summed E-state index contributed by atoms with van der Waals surface area (Å²) < 4.78 is 11.5. The number of rotatable bonds is 5. The molecule has 0 amide bonds. The van der Waals surface area contributed by atoms with Gasteiger partial charge in [-0.1, -0.05) is 6.92 Å². The van der Waals surface area contributed by atoms with Crippen molar-refractivity contribution in [2.75, 3.05) is 6.61 Å². The summed E-state index contributed by atoms with van der Waals surface area (Å²) in [5.41, 5.74) is 0. The van der Waals surface area contributed by atoms with Crippen LogP contribution in [0.15, 0.2) is 16.5 Å². The second-order valence-corrected chi connectivity index (χ2v) is 5.17. The topological polar surface area (TPSA) is 34.4 Å². The molecule has 1 aliphatic heterocycles. The zero-order chi connectivity index (χ0) is 11.7. The van der Waals surface area contributed by atoms with Crippen LogP contribution in [0.25, 0.3) is 0 Å². The minimum atomic E-state index is 0.454. The third kappa shape index (κ3) is 2.55. The monoisotopic (exact) mass is 235 g/mol. The average molecular weight is 235 g/mol. The van der Waals surface area contributed by atoms with E-state index >= 15 is 0 Å². The molecule has 3 nitrogen and oxygen atoms in total. The van der Waals surface area contributed by atoms with E-state index in [0.717, 1.165) is 43.4 Å². The zero-order valence-electron chi connectivity index (χ0n) is 10.4. The molecular formula is C14H21NO2. The average Bonchev–Trinajstić information content (AvgIpc) is 2.93. The molecule has 3 heteroatoms. The molecule has 2 atom stereocenters. The fraction of sp³-hybridized carbons (Fsp3) is 0.714. The number of furan rings is 1. The molecule has 2 fully saturated rings. The van der Waals surface area contributed by atoms with Crippen molar-refractivity contribution in [1.82, 2.24) is 5.32 Å². The summed E-state index contributed by atoms with van der Waals surface area (Å²) in [6, 6.07) is 4.67. The Labute approximate surface area is 103 Å². The van der Waals surface area contributed by atoms with Crippen LogP contribution in [0.1, 0.15) is 37.7 Å². The lowest BCUT2D eigenvalue weighted by molar-refractivity contribution is 0.0805. The minimum Gasteiger partial charge on any atom is -0.465 e. The van der Waals surface area contributed by atoms with Crippen LogP contribution in [0, 0.1) is 5.92 Å². The Morgan fingerprint density at radius 3 is 2.76 bits per heavy atom. The first-order chi connectivity index (χ1) is 8.36. The fourth-order valence-electron chi connectivity index (χ4n) is 2.66. The highest BCUT2D eigenvalue weighted by Gasteiger charge is 2.40. The van der Waals surface area contributed by atoms with Gasteiger partial charge >= 0.3 is 0 Å². The maximum absolute atomic E-state index is 5.81. The summed E-state index contributed by atoms with van der Waals surface area (Å²) in [7, 11) is 0. The van der Waals surface area contributed by atoms with Crippen LogP contribution in [0.2, 0.25) is 0 Å². The van der Waals surface area contributed by atoms with Gasteiger partial charge in [0.15, 0.2) is 0 Å². The quantitative estimate of drug-likeness (QED) is 0.851. The van der Waals surface area contributed by atoms with Crippen molar-refractivity contribution in [3.8, 4) is 0 Å². The highest BCUT2D eigenvalue weighted by molar-refractivity contribution is 5.07. The van der Waals surface area contributed by atoms with Gasteiger partial charge < -0.3 is 14.5 Å². The normalized spacial score (nSPS) is 28.8. The van der Waals surface area contributed by atoms with Crippen LogP contribution in [-0.4, -0.2) is 18.8 Å². The largest absolute Gasteiger partial charge is 0.465 e. The van der Waals surface area contributed by atoms with Crippen LogP contribution in [0.4, 0.5) is 0 Å². The Kier molecular flexibility index (Phi) is 3.21. The van der Waals surface area contributed by atoms with Crippen molar-refractivity contribution >= 4 is 0 Å². The molecule has 17 heavy (non-hydrogen) atoms. The van der Waals surface area contributed by atoms with Crippen LogP contribution >= 0.6 is 0 Å². The van der Waals surface area contributed by atoms with E-state index in [0.29, 0.717) is 12.1 Å². The molecule has 0 bridgehead atoms. The first-order valence-corrected chi connectivity index (χ1v) is 6.79. The summed E-state index contributed by atoms with van der Waals surface area (Å²) in [5, 5.41) is 3.59. The molecule has 0 radical (unpaired) electrons. The summed E-state index contributed by atoms with van der Waals surface area (Å²) in [5.74, 6) is 2.93. The smallest absolute Gasteiger partial charge is 0.117 e. The number of nitrogens with one attached hydrogen (secondary N) is 1.